The smallest absolute Gasteiger partial charge is 0.268 e. The van der Waals surface area contributed by atoms with Crippen LogP contribution in [0.3, 0.4) is 0 Å². The second kappa shape index (κ2) is 4.38. The molecule has 0 unspecified atom stereocenters. The van der Waals surface area contributed by atoms with E-state index in [0.29, 0.717) is 5.75 Å². The highest BCUT2D eigenvalue weighted by molar-refractivity contribution is 8.14. The Morgan fingerprint density at radius 1 is 1.24 bits per heavy atom. The lowest BCUT2D eigenvalue weighted by molar-refractivity contribution is 0.371. The fourth-order valence-electron chi connectivity index (χ4n) is 2.26. The van der Waals surface area contributed by atoms with Crippen LogP contribution in [0.1, 0.15) is 17.5 Å². The highest BCUT2D eigenvalue weighted by atomic mass is 35.7. The Balaban J connectivity index is 2.80. The van der Waals surface area contributed by atoms with Crippen LogP contribution in [0, 0.1) is 0 Å². The molecule has 0 saturated heterocycles. The molecule has 0 spiro atoms. The predicted octanol–water partition coefficient (Wildman–Crippen LogP) is 2.12. The average molecular weight is 277 g/mol. The van der Waals surface area contributed by atoms with Crippen molar-refractivity contribution >= 4 is 19.7 Å². The first-order valence-electron chi connectivity index (χ1n) is 5.20. The van der Waals surface area contributed by atoms with Gasteiger partial charge in [-0.1, -0.05) is 0 Å². The zero-order valence-corrected chi connectivity index (χ0v) is 11.2. The number of fused-ring (bicyclic) bond motifs is 1. The quantitative estimate of drug-likeness (QED) is 0.794. The molecule has 1 aliphatic carbocycles. The van der Waals surface area contributed by atoms with Crippen molar-refractivity contribution in [2.24, 2.45) is 0 Å². The van der Waals surface area contributed by atoms with Crippen LogP contribution in [0.2, 0.25) is 0 Å². The van der Waals surface area contributed by atoms with Gasteiger partial charge >= 0.3 is 0 Å². The molecule has 0 heterocycles. The van der Waals surface area contributed by atoms with E-state index in [1.807, 2.05) is 0 Å². The molecule has 6 heteroatoms. The van der Waals surface area contributed by atoms with Gasteiger partial charge in [-0.15, -0.1) is 0 Å². The molecule has 0 aliphatic heterocycles. The van der Waals surface area contributed by atoms with Crippen LogP contribution in [-0.2, 0) is 21.9 Å². The third-order valence-electron chi connectivity index (χ3n) is 2.94. The van der Waals surface area contributed by atoms with Gasteiger partial charge in [-0.2, -0.15) is 0 Å². The maximum Gasteiger partial charge on any atom is 0.268 e. The highest BCUT2D eigenvalue weighted by Gasteiger charge is 2.29. The van der Waals surface area contributed by atoms with Gasteiger partial charge in [-0.25, -0.2) is 8.42 Å². The van der Waals surface area contributed by atoms with Gasteiger partial charge in [0, 0.05) is 10.7 Å². The second-order valence-electron chi connectivity index (χ2n) is 3.87. The van der Waals surface area contributed by atoms with E-state index < -0.39 is 9.05 Å². The lowest BCUT2D eigenvalue weighted by atomic mass is 10.1. The Hall–Kier alpha value is -0.940. The number of aryl methyl sites for hydroxylation is 1. The molecule has 0 radical (unpaired) electrons. The molecule has 94 valence electrons. The predicted molar refractivity (Wildman–Crippen MR) is 64.6 cm³/mol. The molecule has 1 aromatic rings. The summed E-state index contributed by atoms with van der Waals surface area (Å²) in [4.78, 5) is -0.0650. The summed E-state index contributed by atoms with van der Waals surface area (Å²) in [5.41, 5.74) is 2.00. The summed E-state index contributed by atoms with van der Waals surface area (Å²) in [5.74, 6) is 0.573. The van der Waals surface area contributed by atoms with Crippen molar-refractivity contribution in [1.82, 2.24) is 0 Å². The normalized spacial score (nSPS) is 14.5. The number of methoxy groups -OCH3 is 2. The molecule has 0 N–H and O–H groups in total. The molecule has 0 bridgehead atoms. The van der Waals surface area contributed by atoms with Crippen LogP contribution in [0.5, 0.6) is 11.5 Å². The molecule has 1 aromatic carbocycles. The average Bonchev–Trinajstić information content (AvgIpc) is 2.72. The molecular formula is C11H13ClO4S. The molecule has 0 saturated carbocycles. The van der Waals surface area contributed by atoms with E-state index in [0.717, 1.165) is 30.4 Å². The van der Waals surface area contributed by atoms with Gasteiger partial charge in [-0.3, -0.25) is 0 Å². The number of halogens is 1. The van der Waals surface area contributed by atoms with Crippen LogP contribution in [0.4, 0.5) is 0 Å². The van der Waals surface area contributed by atoms with Crippen LogP contribution >= 0.6 is 10.7 Å². The fourth-order valence-corrected chi connectivity index (χ4v) is 3.51. The van der Waals surface area contributed by atoms with E-state index in [4.69, 9.17) is 20.2 Å². The van der Waals surface area contributed by atoms with Crippen molar-refractivity contribution in [3.63, 3.8) is 0 Å². The van der Waals surface area contributed by atoms with Crippen molar-refractivity contribution in [3.05, 3.63) is 17.2 Å². The van der Waals surface area contributed by atoms with Gasteiger partial charge in [0.1, 0.15) is 11.5 Å². The molecule has 0 aromatic heterocycles. The van der Waals surface area contributed by atoms with E-state index in [2.05, 4.69) is 0 Å². The summed E-state index contributed by atoms with van der Waals surface area (Å²) in [6.07, 6.45) is 2.70. The maximum atomic E-state index is 11.6. The first-order valence-corrected chi connectivity index (χ1v) is 7.51. The number of rotatable bonds is 3. The number of hydrogen-bond donors (Lipinski definition) is 0. The van der Waals surface area contributed by atoms with Crippen molar-refractivity contribution in [1.29, 1.82) is 0 Å². The van der Waals surface area contributed by atoms with Gasteiger partial charge in [0.25, 0.3) is 9.05 Å². The third kappa shape index (κ3) is 2.09. The lowest BCUT2D eigenvalue weighted by Crippen LogP contribution is -2.03. The molecule has 17 heavy (non-hydrogen) atoms. The number of hydrogen-bond acceptors (Lipinski definition) is 4. The van der Waals surface area contributed by atoms with Gasteiger partial charge in [0.2, 0.25) is 0 Å². The molecule has 1 aliphatic rings. The number of ether oxygens (including phenoxy) is 2. The van der Waals surface area contributed by atoms with Gasteiger partial charge < -0.3 is 9.47 Å². The Kier molecular flexibility index (Phi) is 3.23. The van der Waals surface area contributed by atoms with E-state index in [1.54, 1.807) is 6.07 Å². The van der Waals surface area contributed by atoms with E-state index in [9.17, 15) is 8.42 Å². The first kappa shape index (κ1) is 12.5. The van der Waals surface area contributed by atoms with Gasteiger partial charge in [-0.05, 0) is 36.5 Å². The monoisotopic (exact) mass is 276 g/mol. The van der Waals surface area contributed by atoms with E-state index in [1.165, 1.54) is 14.2 Å². The molecular weight excluding hydrogens is 264 g/mol. The minimum Gasteiger partial charge on any atom is -0.495 e. The maximum absolute atomic E-state index is 11.6. The zero-order valence-electron chi connectivity index (χ0n) is 9.62. The lowest BCUT2D eigenvalue weighted by Gasteiger charge is -2.15. The van der Waals surface area contributed by atoms with Crippen molar-refractivity contribution in [2.75, 3.05) is 14.2 Å². The summed E-state index contributed by atoms with van der Waals surface area (Å²) < 4.78 is 33.5. The molecule has 0 fully saturated rings. The van der Waals surface area contributed by atoms with Gasteiger partial charge in [0.15, 0.2) is 4.90 Å². The molecule has 0 atom stereocenters. The van der Waals surface area contributed by atoms with Crippen molar-refractivity contribution < 1.29 is 17.9 Å². The van der Waals surface area contributed by atoms with Crippen molar-refractivity contribution in [2.45, 2.75) is 24.2 Å². The minimum atomic E-state index is -3.89. The Labute approximate surface area is 105 Å². The summed E-state index contributed by atoms with van der Waals surface area (Å²) in [7, 11) is 4.41. The van der Waals surface area contributed by atoms with Crippen LogP contribution in [0.15, 0.2) is 11.0 Å². The topological polar surface area (TPSA) is 52.6 Å². The Morgan fingerprint density at radius 3 is 2.47 bits per heavy atom. The number of benzene rings is 1. The van der Waals surface area contributed by atoms with E-state index in [-0.39, 0.29) is 10.6 Å². The molecule has 2 rings (SSSR count). The summed E-state index contributed by atoms with van der Waals surface area (Å²) >= 11 is 0. The minimum absolute atomic E-state index is 0.0650. The summed E-state index contributed by atoms with van der Waals surface area (Å²) in [5, 5.41) is 0. The Morgan fingerprint density at radius 2 is 1.94 bits per heavy atom. The van der Waals surface area contributed by atoms with Crippen LogP contribution < -0.4 is 9.47 Å². The zero-order chi connectivity index (χ0) is 12.6. The molecule has 4 nitrogen and oxygen atoms in total. The Bertz CT molecular complexity index is 551. The van der Waals surface area contributed by atoms with Gasteiger partial charge in [0.05, 0.1) is 14.2 Å². The van der Waals surface area contributed by atoms with Crippen LogP contribution in [-0.4, -0.2) is 22.6 Å². The highest BCUT2D eigenvalue weighted by Crippen LogP contribution is 2.43. The first-order chi connectivity index (χ1) is 7.99. The standard InChI is InChI=1S/C11H13ClO4S/c1-15-9-6-7-4-3-5-8(7)10(16-2)11(9)17(12,13)14/h6H,3-5H2,1-2H3. The fraction of sp³-hybridized carbons (Fsp3) is 0.455. The van der Waals surface area contributed by atoms with Crippen molar-refractivity contribution in [3.8, 4) is 11.5 Å². The SMILES string of the molecule is COc1cc2c(c(OC)c1S(=O)(=O)Cl)CCC2. The largest absolute Gasteiger partial charge is 0.495 e. The van der Waals surface area contributed by atoms with E-state index >= 15 is 0 Å². The summed E-state index contributed by atoms with van der Waals surface area (Å²) in [6.45, 7) is 0. The van der Waals surface area contributed by atoms with Crippen LogP contribution in [0.25, 0.3) is 0 Å². The second-order valence-corrected chi connectivity index (χ2v) is 6.37. The summed E-state index contributed by atoms with van der Waals surface area (Å²) in [6, 6.07) is 1.74. The third-order valence-corrected chi connectivity index (χ3v) is 4.27. The molecule has 0 amide bonds.